The molecule has 0 bridgehead atoms. The molecule has 0 aliphatic carbocycles. The lowest BCUT2D eigenvalue weighted by molar-refractivity contribution is 0.128. The lowest BCUT2D eigenvalue weighted by atomic mass is 10.1. The molecule has 0 rings (SSSR count). The maximum atomic E-state index is 11.6. The van der Waals surface area contributed by atoms with E-state index < -0.39 is 15.6 Å². The average molecular weight is 566 g/mol. The topological polar surface area (TPSA) is 112 Å². The third-order valence-corrected chi connectivity index (χ3v) is 6.47. The fourth-order valence-corrected chi connectivity index (χ4v) is 4.59. The summed E-state index contributed by atoms with van der Waals surface area (Å²) in [6.07, 6.45) is 13.5. The molecule has 0 aliphatic heterocycles. The Morgan fingerprint density at radius 1 is 0.562 bits per heavy atom. The molecular weight excluding hydrogens is 525 g/mol. The largest absolute Gasteiger partial charge is 0.474 e. The van der Waals surface area contributed by atoms with Gasteiger partial charge in [-0.1, -0.05) is 71.1 Å². The highest BCUT2D eigenvalue weighted by Gasteiger charge is 2.25. The van der Waals surface area contributed by atoms with Gasteiger partial charge in [0.2, 0.25) is 0 Å². The molecule has 8 nitrogen and oxygen atoms in total. The van der Waals surface area contributed by atoms with Crippen LogP contribution in [0.5, 0.6) is 0 Å². The first kappa shape index (κ1) is 35.3. The number of hydrogen-bond donors (Lipinski definition) is 2. The zero-order chi connectivity index (χ0) is 24.6. The standard InChI is InChI=1S/C13H29O4P.C6H12Cl3O4P/c1-2-3-4-5-6-7-8-9-10-11-12-13-17-18(14,15)16;7-1-4-11-14(10,12-5-2-8)13-6-3-9/h2-13H2,1H3,(H2,14,15,16);1-6H2. The lowest BCUT2D eigenvalue weighted by Crippen LogP contribution is -2.05. The van der Waals surface area contributed by atoms with Gasteiger partial charge in [0.1, 0.15) is 0 Å². The van der Waals surface area contributed by atoms with E-state index in [0.29, 0.717) is 0 Å². The number of phosphoric acid groups is 2. The van der Waals surface area contributed by atoms with Crippen LogP contribution in [0.4, 0.5) is 0 Å². The molecule has 2 N–H and O–H groups in total. The van der Waals surface area contributed by atoms with Crippen LogP contribution in [0.2, 0.25) is 0 Å². The molecule has 0 aromatic carbocycles. The van der Waals surface area contributed by atoms with E-state index >= 15 is 0 Å². The Balaban J connectivity index is 0. The van der Waals surface area contributed by atoms with Crippen LogP contribution in [0.3, 0.4) is 0 Å². The van der Waals surface area contributed by atoms with Gasteiger partial charge in [-0.25, -0.2) is 9.13 Å². The third kappa shape index (κ3) is 29.1. The molecular formula is C19H41Cl3O8P2. The predicted octanol–water partition coefficient (Wildman–Crippen LogP) is 7.27. The summed E-state index contributed by atoms with van der Waals surface area (Å²) < 4.78 is 40.9. The molecule has 0 heterocycles. The minimum Gasteiger partial charge on any atom is -0.303 e. The molecule has 0 unspecified atom stereocenters. The van der Waals surface area contributed by atoms with Crippen LogP contribution >= 0.6 is 50.4 Å². The van der Waals surface area contributed by atoms with Crippen molar-refractivity contribution in [2.24, 2.45) is 0 Å². The molecule has 0 spiro atoms. The van der Waals surface area contributed by atoms with E-state index in [1.165, 1.54) is 51.4 Å². The summed E-state index contributed by atoms with van der Waals surface area (Å²) >= 11 is 16.1. The summed E-state index contributed by atoms with van der Waals surface area (Å²) in [6, 6.07) is 0. The molecule has 13 heteroatoms. The van der Waals surface area contributed by atoms with Crippen LogP contribution in [0.25, 0.3) is 0 Å². The van der Waals surface area contributed by atoms with Gasteiger partial charge in [0.05, 0.1) is 26.4 Å². The zero-order valence-electron chi connectivity index (χ0n) is 19.1. The summed E-state index contributed by atoms with van der Waals surface area (Å²) in [5.74, 6) is 0.620. The first-order valence-electron chi connectivity index (χ1n) is 11.2. The highest BCUT2D eigenvalue weighted by Crippen LogP contribution is 2.49. The fraction of sp³-hybridized carbons (Fsp3) is 1.00. The zero-order valence-corrected chi connectivity index (χ0v) is 23.2. The Morgan fingerprint density at radius 2 is 0.906 bits per heavy atom. The Bertz CT molecular complexity index is 455. The van der Waals surface area contributed by atoms with Gasteiger partial charge in [0, 0.05) is 17.6 Å². The van der Waals surface area contributed by atoms with Gasteiger partial charge in [-0.2, -0.15) is 0 Å². The molecule has 0 fully saturated rings. The molecule has 0 saturated heterocycles. The molecule has 0 atom stereocenters. The van der Waals surface area contributed by atoms with E-state index in [0.717, 1.165) is 19.3 Å². The van der Waals surface area contributed by atoms with E-state index in [1.807, 2.05) is 0 Å². The van der Waals surface area contributed by atoms with Gasteiger partial charge in [-0.15, -0.1) is 34.8 Å². The van der Waals surface area contributed by atoms with Crippen molar-refractivity contribution in [2.45, 2.75) is 77.6 Å². The number of phosphoric ester groups is 2. The van der Waals surface area contributed by atoms with Crippen molar-refractivity contribution in [3.05, 3.63) is 0 Å². The molecule has 196 valence electrons. The summed E-state index contributed by atoms with van der Waals surface area (Å²) in [5, 5.41) is 0. The molecule has 0 aliphatic rings. The second-order valence-corrected chi connectivity index (χ2v) is 10.9. The highest BCUT2D eigenvalue weighted by atomic mass is 35.5. The van der Waals surface area contributed by atoms with Crippen LogP contribution in [0.15, 0.2) is 0 Å². The van der Waals surface area contributed by atoms with Crippen molar-refractivity contribution < 1.29 is 37.0 Å². The van der Waals surface area contributed by atoms with Gasteiger partial charge >= 0.3 is 15.6 Å². The third-order valence-electron chi connectivity index (χ3n) is 3.99. The second-order valence-electron chi connectivity index (χ2n) is 6.87. The Morgan fingerprint density at radius 3 is 1.22 bits per heavy atom. The predicted molar refractivity (Wildman–Crippen MR) is 132 cm³/mol. The van der Waals surface area contributed by atoms with Gasteiger partial charge in [0.25, 0.3) is 0 Å². The SMILES string of the molecule is CCCCCCCCCCCCCOP(=O)(O)O.O=P(OCCCl)(OCCCl)OCCCl. The number of rotatable bonds is 22. The normalized spacial score (nSPS) is 11.9. The van der Waals surface area contributed by atoms with Crippen LogP contribution in [-0.2, 0) is 27.2 Å². The van der Waals surface area contributed by atoms with Gasteiger partial charge < -0.3 is 9.79 Å². The van der Waals surface area contributed by atoms with E-state index in [4.69, 9.17) is 58.2 Å². The van der Waals surface area contributed by atoms with Crippen molar-refractivity contribution in [3.63, 3.8) is 0 Å². The molecule has 0 aromatic rings. The summed E-state index contributed by atoms with van der Waals surface area (Å²) in [5.41, 5.74) is 0. The number of unbranched alkanes of at least 4 members (excludes halogenated alkanes) is 10. The first-order chi connectivity index (χ1) is 15.2. The molecule has 0 saturated carbocycles. The van der Waals surface area contributed by atoms with Crippen LogP contribution in [0, 0.1) is 0 Å². The number of alkyl halides is 3. The molecule has 0 radical (unpaired) electrons. The maximum Gasteiger partial charge on any atom is 0.474 e. The summed E-state index contributed by atoms with van der Waals surface area (Å²) in [4.78, 5) is 16.9. The van der Waals surface area contributed by atoms with Gasteiger partial charge in [-0.3, -0.25) is 18.1 Å². The van der Waals surface area contributed by atoms with Crippen molar-refractivity contribution in [1.82, 2.24) is 0 Å². The van der Waals surface area contributed by atoms with Crippen molar-refractivity contribution in [1.29, 1.82) is 0 Å². The van der Waals surface area contributed by atoms with Crippen LogP contribution in [0.1, 0.15) is 77.6 Å². The summed E-state index contributed by atoms with van der Waals surface area (Å²) in [7, 11) is -7.77. The lowest BCUT2D eigenvalue weighted by Gasteiger charge is -2.16. The van der Waals surface area contributed by atoms with Crippen molar-refractivity contribution in [3.8, 4) is 0 Å². The second kappa shape index (κ2) is 25.2. The minimum atomic E-state index is -4.25. The average Bonchev–Trinajstić information content (AvgIpc) is 2.75. The van der Waals surface area contributed by atoms with E-state index in [9.17, 15) is 9.13 Å². The minimum absolute atomic E-state index is 0.0867. The Hall–Kier alpha value is 1.09. The first-order valence-corrected chi connectivity index (χ1v) is 15.8. The summed E-state index contributed by atoms with van der Waals surface area (Å²) in [6.45, 7) is 2.66. The molecule has 0 aromatic heterocycles. The number of hydrogen-bond acceptors (Lipinski definition) is 6. The van der Waals surface area contributed by atoms with Crippen LogP contribution < -0.4 is 0 Å². The van der Waals surface area contributed by atoms with E-state index in [2.05, 4.69) is 11.4 Å². The quantitative estimate of drug-likeness (QED) is 0.0801. The molecule has 32 heavy (non-hydrogen) atoms. The molecule has 0 amide bonds. The number of halogens is 3. The van der Waals surface area contributed by atoms with E-state index in [-0.39, 0.29) is 44.1 Å². The van der Waals surface area contributed by atoms with Crippen molar-refractivity contribution >= 4 is 50.4 Å². The van der Waals surface area contributed by atoms with Crippen molar-refractivity contribution in [2.75, 3.05) is 44.1 Å². The monoisotopic (exact) mass is 564 g/mol. The van der Waals surface area contributed by atoms with E-state index in [1.54, 1.807) is 0 Å². The van der Waals surface area contributed by atoms with Crippen LogP contribution in [-0.4, -0.2) is 53.9 Å². The Kier molecular flexibility index (Phi) is 27.8. The fourth-order valence-electron chi connectivity index (χ4n) is 2.50. The Labute approximate surface area is 208 Å². The van der Waals surface area contributed by atoms with Gasteiger partial charge in [0.15, 0.2) is 0 Å². The maximum absolute atomic E-state index is 11.6. The van der Waals surface area contributed by atoms with Gasteiger partial charge in [-0.05, 0) is 6.42 Å². The highest BCUT2D eigenvalue weighted by molar-refractivity contribution is 7.48. The smallest absolute Gasteiger partial charge is 0.303 e.